The third kappa shape index (κ3) is 2.82. The summed E-state index contributed by atoms with van der Waals surface area (Å²) in [6, 6.07) is 0. The molecule has 0 saturated carbocycles. The monoisotopic (exact) mass is 308 g/mol. The largest absolute Gasteiger partial charge is 0.354 e. The van der Waals surface area contributed by atoms with Crippen molar-refractivity contribution < 1.29 is 14.4 Å². The van der Waals surface area contributed by atoms with Gasteiger partial charge in [0.05, 0.1) is 18.5 Å². The topological polar surface area (TPSA) is 73.0 Å². The van der Waals surface area contributed by atoms with Gasteiger partial charge in [0.2, 0.25) is 17.7 Å². The molecule has 3 fully saturated rings. The van der Waals surface area contributed by atoms with Gasteiger partial charge in [-0.3, -0.25) is 19.3 Å². The van der Waals surface area contributed by atoms with Gasteiger partial charge < -0.3 is 15.1 Å². The van der Waals surface area contributed by atoms with E-state index in [0.29, 0.717) is 26.2 Å². The maximum absolute atomic E-state index is 12.5. The molecule has 3 aliphatic rings. The quantitative estimate of drug-likeness (QED) is 0.702. The van der Waals surface area contributed by atoms with E-state index < -0.39 is 0 Å². The van der Waals surface area contributed by atoms with Crippen molar-refractivity contribution in [3.8, 4) is 0 Å². The first-order valence-corrected chi connectivity index (χ1v) is 8.03. The van der Waals surface area contributed by atoms with Gasteiger partial charge >= 0.3 is 0 Å². The van der Waals surface area contributed by atoms with Crippen molar-refractivity contribution >= 4 is 17.7 Å². The number of carbonyl (C=O) groups is 3. The molecule has 122 valence electrons. The summed E-state index contributed by atoms with van der Waals surface area (Å²) in [5, 5.41) is 2.76. The van der Waals surface area contributed by atoms with Crippen LogP contribution in [0.25, 0.3) is 0 Å². The van der Waals surface area contributed by atoms with Crippen LogP contribution in [-0.4, -0.2) is 85.3 Å². The molecule has 3 rings (SSSR count). The van der Waals surface area contributed by atoms with E-state index in [-0.39, 0.29) is 36.2 Å². The molecule has 0 aliphatic carbocycles. The van der Waals surface area contributed by atoms with E-state index in [0.717, 1.165) is 25.8 Å². The van der Waals surface area contributed by atoms with Crippen molar-refractivity contribution in [2.75, 3.05) is 52.9 Å². The summed E-state index contributed by atoms with van der Waals surface area (Å²) < 4.78 is 0. The SMILES string of the molecule is CN1CCCC2(CCN(C(=O)CN3CCNC(=O)C3)C2)C1=O. The fourth-order valence-electron chi connectivity index (χ4n) is 3.85. The molecule has 3 heterocycles. The number of rotatable bonds is 2. The molecule has 22 heavy (non-hydrogen) atoms. The van der Waals surface area contributed by atoms with Crippen LogP contribution in [0.3, 0.4) is 0 Å². The molecule has 7 heteroatoms. The second kappa shape index (κ2) is 5.87. The third-order valence-corrected chi connectivity index (χ3v) is 5.13. The highest BCUT2D eigenvalue weighted by Gasteiger charge is 2.48. The predicted molar refractivity (Wildman–Crippen MR) is 80.0 cm³/mol. The van der Waals surface area contributed by atoms with E-state index in [9.17, 15) is 14.4 Å². The van der Waals surface area contributed by atoms with Crippen molar-refractivity contribution in [3.63, 3.8) is 0 Å². The summed E-state index contributed by atoms with van der Waals surface area (Å²) in [4.78, 5) is 41.8. The molecule has 1 spiro atoms. The zero-order chi connectivity index (χ0) is 15.7. The fourth-order valence-corrected chi connectivity index (χ4v) is 3.85. The maximum Gasteiger partial charge on any atom is 0.236 e. The molecular formula is C15H24N4O3. The Balaban J connectivity index is 1.59. The highest BCUT2D eigenvalue weighted by atomic mass is 16.2. The van der Waals surface area contributed by atoms with Crippen LogP contribution in [-0.2, 0) is 14.4 Å². The minimum absolute atomic E-state index is 0.0268. The van der Waals surface area contributed by atoms with E-state index in [4.69, 9.17) is 0 Å². The van der Waals surface area contributed by atoms with Crippen LogP contribution in [0.5, 0.6) is 0 Å². The number of carbonyl (C=O) groups excluding carboxylic acids is 3. The Morgan fingerprint density at radius 2 is 2.05 bits per heavy atom. The van der Waals surface area contributed by atoms with Gasteiger partial charge in [-0.2, -0.15) is 0 Å². The summed E-state index contributed by atoms with van der Waals surface area (Å²) >= 11 is 0. The number of nitrogens with zero attached hydrogens (tertiary/aromatic N) is 3. The summed E-state index contributed by atoms with van der Waals surface area (Å²) in [5.74, 6) is 0.194. The Hall–Kier alpha value is -1.63. The molecule has 1 unspecified atom stereocenters. The second-order valence-corrected chi connectivity index (χ2v) is 6.74. The maximum atomic E-state index is 12.5. The first-order valence-electron chi connectivity index (χ1n) is 8.03. The lowest BCUT2D eigenvalue weighted by Gasteiger charge is -2.37. The molecule has 3 aliphatic heterocycles. The van der Waals surface area contributed by atoms with Crippen molar-refractivity contribution in [1.29, 1.82) is 0 Å². The Labute approximate surface area is 130 Å². The normalized spacial score (nSPS) is 30.0. The van der Waals surface area contributed by atoms with Crippen LogP contribution in [0.4, 0.5) is 0 Å². The lowest BCUT2D eigenvalue weighted by atomic mass is 9.78. The first kappa shape index (κ1) is 15.3. The number of likely N-dealkylation sites (tertiary alicyclic amines) is 2. The van der Waals surface area contributed by atoms with Crippen LogP contribution < -0.4 is 5.32 Å². The number of piperazine rings is 1. The van der Waals surface area contributed by atoms with Gasteiger partial charge in [-0.05, 0) is 19.3 Å². The van der Waals surface area contributed by atoms with E-state index in [1.54, 1.807) is 4.90 Å². The van der Waals surface area contributed by atoms with Crippen LogP contribution >= 0.6 is 0 Å². The van der Waals surface area contributed by atoms with Crippen LogP contribution in [0, 0.1) is 5.41 Å². The smallest absolute Gasteiger partial charge is 0.236 e. The zero-order valence-corrected chi connectivity index (χ0v) is 13.1. The predicted octanol–water partition coefficient (Wildman–Crippen LogP) is -1.11. The molecule has 3 amide bonds. The van der Waals surface area contributed by atoms with Gasteiger partial charge in [-0.1, -0.05) is 0 Å². The number of hydrogen-bond acceptors (Lipinski definition) is 4. The molecule has 0 bridgehead atoms. The molecule has 1 atom stereocenters. The highest BCUT2D eigenvalue weighted by Crippen LogP contribution is 2.39. The molecule has 3 saturated heterocycles. The molecule has 0 aromatic rings. The van der Waals surface area contributed by atoms with Crippen molar-refractivity contribution in [1.82, 2.24) is 20.0 Å². The number of nitrogens with one attached hydrogen (secondary N) is 1. The average Bonchev–Trinajstić information content (AvgIpc) is 2.90. The molecule has 7 nitrogen and oxygen atoms in total. The average molecular weight is 308 g/mol. The molecule has 0 radical (unpaired) electrons. The molecule has 0 aromatic heterocycles. The van der Waals surface area contributed by atoms with E-state index in [2.05, 4.69) is 5.32 Å². The Kier molecular flexibility index (Phi) is 4.08. The minimum Gasteiger partial charge on any atom is -0.354 e. The van der Waals surface area contributed by atoms with Gasteiger partial charge in [0.15, 0.2) is 0 Å². The Morgan fingerprint density at radius 3 is 2.82 bits per heavy atom. The van der Waals surface area contributed by atoms with Crippen LogP contribution in [0.15, 0.2) is 0 Å². The Morgan fingerprint density at radius 1 is 1.23 bits per heavy atom. The summed E-state index contributed by atoms with van der Waals surface area (Å²) in [5.41, 5.74) is -0.359. The van der Waals surface area contributed by atoms with Crippen LogP contribution in [0.2, 0.25) is 0 Å². The third-order valence-electron chi connectivity index (χ3n) is 5.13. The van der Waals surface area contributed by atoms with E-state index in [1.807, 2.05) is 16.8 Å². The van der Waals surface area contributed by atoms with Crippen molar-refractivity contribution in [3.05, 3.63) is 0 Å². The molecular weight excluding hydrogens is 284 g/mol. The summed E-state index contributed by atoms with van der Waals surface area (Å²) in [7, 11) is 1.85. The first-order chi connectivity index (χ1) is 10.5. The second-order valence-electron chi connectivity index (χ2n) is 6.74. The van der Waals surface area contributed by atoms with E-state index >= 15 is 0 Å². The number of piperidine rings is 1. The summed E-state index contributed by atoms with van der Waals surface area (Å²) in [6.45, 7) is 3.86. The summed E-state index contributed by atoms with van der Waals surface area (Å²) in [6.07, 6.45) is 2.66. The van der Waals surface area contributed by atoms with Crippen LogP contribution in [0.1, 0.15) is 19.3 Å². The zero-order valence-electron chi connectivity index (χ0n) is 13.1. The lowest BCUT2D eigenvalue weighted by Crippen LogP contribution is -2.52. The fraction of sp³-hybridized carbons (Fsp3) is 0.800. The lowest BCUT2D eigenvalue weighted by molar-refractivity contribution is -0.144. The van der Waals surface area contributed by atoms with Crippen molar-refractivity contribution in [2.45, 2.75) is 19.3 Å². The van der Waals surface area contributed by atoms with Gasteiger partial charge in [0.1, 0.15) is 0 Å². The van der Waals surface area contributed by atoms with Gasteiger partial charge in [-0.25, -0.2) is 0 Å². The number of amides is 3. The van der Waals surface area contributed by atoms with Crippen molar-refractivity contribution in [2.24, 2.45) is 5.41 Å². The molecule has 1 N–H and O–H groups in total. The standard InChI is InChI=1S/C15H24N4O3/c1-17-6-2-3-15(14(17)22)4-7-19(11-15)13(21)10-18-8-5-16-12(20)9-18/h2-11H2,1H3,(H,16,20). The highest BCUT2D eigenvalue weighted by molar-refractivity contribution is 5.86. The van der Waals surface area contributed by atoms with Gasteiger partial charge in [0, 0.05) is 39.8 Å². The minimum atomic E-state index is -0.359. The number of hydrogen-bond donors (Lipinski definition) is 1. The molecule has 0 aromatic carbocycles. The Bertz CT molecular complexity index is 495. The van der Waals surface area contributed by atoms with Gasteiger partial charge in [-0.15, -0.1) is 0 Å². The van der Waals surface area contributed by atoms with E-state index in [1.165, 1.54) is 0 Å². The van der Waals surface area contributed by atoms with Gasteiger partial charge in [0.25, 0.3) is 0 Å².